The van der Waals surface area contributed by atoms with Gasteiger partial charge in [0.05, 0.1) is 0 Å². The summed E-state index contributed by atoms with van der Waals surface area (Å²) < 4.78 is 0. The van der Waals surface area contributed by atoms with Gasteiger partial charge in [-0.25, -0.2) is 0 Å². The van der Waals surface area contributed by atoms with Gasteiger partial charge in [-0.2, -0.15) is 0 Å². The molecular weight excluding hydrogens is 216 g/mol. The number of fused-ring (bicyclic) bond motifs is 1. The molecule has 2 aromatic rings. The smallest absolute Gasteiger partial charge is 0.0124 e. The molecule has 18 heavy (non-hydrogen) atoms. The van der Waals surface area contributed by atoms with E-state index in [0.29, 0.717) is 17.8 Å². The first-order chi connectivity index (χ1) is 8.83. The third-order valence-corrected chi connectivity index (χ3v) is 4.49. The number of benzene rings is 2. The maximum absolute atomic E-state index is 2.41. The molecule has 1 aliphatic carbocycles. The van der Waals surface area contributed by atoms with Gasteiger partial charge in [0.2, 0.25) is 0 Å². The maximum atomic E-state index is 2.41. The van der Waals surface area contributed by atoms with E-state index >= 15 is 0 Å². The van der Waals surface area contributed by atoms with Crippen molar-refractivity contribution in [2.24, 2.45) is 5.92 Å². The molecular formula is C18H20. The lowest BCUT2D eigenvalue weighted by molar-refractivity contribution is 0.448. The molecule has 3 rings (SSSR count). The van der Waals surface area contributed by atoms with Crippen LogP contribution in [-0.4, -0.2) is 0 Å². The molecule has 0 saturated carbocycles. The Labute approximate surface area is 110 Å². The van der Waals surface area contributed by atoms with Crippen molar-refractivity contribution in [1.82, 2.24) is 0 Å². The van der Waals surface area contributed by atoms with Crippen molar-refractivity contribution >= 4 is 0 Å². The summed E-state index contributed by atoms with van der Waals surface area (Å²) in [6.07, 6.45) is 1.24. The topological polar surface area (TPSA) is 0 Å². The lowest BCUT2D eigenvalue weighted by Crippen LogP contribution is -2.09. The Morgan fingerprint density at radius 3 is 2.11 bits per heavy atom. The van der Waals surface area contributed by atoms with Crippen LogP contribution in [0.25, 0.3) is 0 Å². The number of hydrogen-bond donors (Lipinski definition) is 0. The minimum absolute atomic E-state index is 0.576. The molecule has 2 aromatic carbocycles. The molecule has 0 fully saturated rings. The first kappa shape index (κ1) is 11.5. The summed E-state index contributed by atoms with van der Waals surface area (Å²) in [7, 11) is 0. The van der Waals surface area contributed by atoms with Gasteiger partial charge < -0.3 is 0 Å². The molecule has 0 saturated heterocycles. The van der Waals surface area contributed by atoms with E-state index in [2.05, 4.69) is 68.4 Å². The van der Waals surface area contributed by atoms with Gasteiger partial charge in [-0.15, -0.1) is 0 Å². The normalized spacial score (nSPS) is 26.0. The van der Waals surface area contributed by atoms with Crippen molar-refractivity contribution in [3.8, 4) is 0 Å². The lowest BCUT2D eigenvalue weighted by Gasteiger charge is -2.21. The van der Waals surface area contributed by atoms with Crippen LogP contribution in [0.2, 0.25) is 0 Å². The first-order valence-electron chi connectivity index (χ1n) is 6.96. The highest BCUT2D eigenvalue weighted by atomic mass is 14.4. The highest BCUT2D eigenvalue weighted by molar-refractivity contribution is 5.45. The van der Waals surface area contributed by atoms with Gasteiger partial charge in [0.25, 0.3) is 0 Å². The summed E-state index contributed by atoms with van der Waals surface area (Å²) in [5, 5.41) is 0. The summed E-state index contributed by atoms with van der Waals surface area (Å²) in [5.41, 5.74) is 4.58. The Kier molecular flexibility index (Phi) is 2.95. The number of hydrogen-bond acceptors (Lipinski definition) is 0. The Balaban J connectivity index is 2.11. The largest absolute Gasteiger partial charge is 0.0648 e. The van der Waals surface area contributed by atoms with Gasteiger partial charge in [0.1, 0.15) is 0 Å². The Bertz CT molecular complexity index is 527. The molecule has 0 N–H and O–H groups in total. The van der Waals surface area contributed by atoms with Crippen LogP contribution in [0.3, 0.4) is 0 Å². The second-order valence-corrected chi connectivity index (χ2v) is 5.39. The zero-order valence-electron chi connectivity index (χ0n) is 11.1. The summed E-state index contributed by atoms with van der Waals surface area (Å²) in [4.78, 5) is 0. The monoisotopic (exact) mass is 236 g/mol. The van der Waals surface area contributed by atoms with Crippen molar-refractivity contribution in [1.29, 1.82) is 0 Å². The second kappa shape index (κ2) is 4.61. The zero-order valence-corrected chi connectivity index (χ0v) is 11.1. The van der Waals surface area contributed by atoms with E-state index in [1.54, 1.807) is 11.1 Å². The molecule has 0 nitrogen and oxygen atoms in total. The summed E-state index contributed by atoms with van der Waals surface area (Å²) in [5.74, 6) is 1.99. The van der Waals surface area contributed by atoms with Crippen LogP contribution in [0, 0.1) is 5.92 Å². The molecule has 92 valence electrons. The van der Waals surface area contributed by atoms with Crippen molar-refractivity contribution in [2.75, 3.05) is 0 Å². The molecule has 0 aliphatic heterocycles. The van der Waals surface area contributed by atoms with E-state index in [-0.39, 0.29) is 0 Å². The van der Waals surface area contributed by atoms with E-state index in [9.17, 15) is 0 Å². The van der Waals surface area contributed by atoms with Gasteiger partial charge in [0, 0.05) is 5.92 Å². The fourth-order valence-corrected chi connectivity index (χ4v) is 3.67. The highest BCUT2D eigenvalue weighted by Gasteiger charge is 2.36. The van der Waals surface area contributed by atoms with Crippen LogP contribution in [-0.2, 0) is 0 Å². The molecule has 0 heterocycles. The average Bonchev–Trinajstić information content (AvgIpc) is 2.71. The molecule has 0 spiro atoms. The fourth-order valence-electron chi connectivity index (χ4n) is 3.67. The quantitative estimate of drug-likeness (QED) is 0.691. The van der Waals surface area contributed by atoms with Crippen LogP contribution in [0.5, 0.6) is 0 Å². The van der Waals surface area contributed by atoms with Crippen LogP contribution >= 0.6 is 0 Å². The Hall–Kier alpha value is -1.56. The van der Waals surface area contributed by atoms with E-state index in [1.165, 1.54) is 12.0 Å². The highest BCUT2D eigenvalue weighted by Crippen LogP contribution is 2.50. The molecule has 0 bridgehead atoms. The summed E-state index contributed by atoms with van der Waals surface area (Å²) >= 11 is 0. The Morgan fingerprint density at radius 2 is 1.44 bits per heavy atom. The second-order valence-electron chi connectivity index (χ2n) is 5.39. The lowest BCUT2D eigenvalue weighted by atomic mass is 9.83. The third kappa shape index (κ3) is 1.68. The molecule has 0 heteroatoms. The molecule has 0 amide bonds. The van der Waals surface area contributed by atoms with Gasteiger partial charge in [-0.3, -0.25) is 0 Å². The van der Waals surface area contributed by atoms with E-state index in [0.717, 1.165) is 0 Å². The molecule has 0 aromatic heterocycles. The van der Waals surface area contributed by atoms with Crippen molar-refractivity contribution in [3.05, 3.63) is 71.3 Å². The Morgan fingerprint density at radius 1 is 0.833 bits per heavy atom. The number of rotatable bonds is 2. The summed E-state index contributed by atoms with van der Waals surface area (Å²) in [6.45, 7) is 4.72. The minimum atomic E-state index is 0.576. The minimum Gasteiger partial charge on any atom is -0.0648 e. The SMILES string of the molecule is CCC1c2ccccc2C(c2ccccc2)C1C. The molecule has 0 radical (unpaired) electrons. The molecule has 1 aliphatic rings. The van der Waals surface area contributed by atoms with Crippen LogP contribution < -0.4 is 0 Å². The standard InChI is InChI=1S/C18H20/c1-3-15-13(2)18(14-9-5-4-6-10-14)17-12-8-7-11-16(15)17/h4-13,15,18H,3H2,1-2H3. The predicted molar refractivity (Wildman–Crippen MR) is 76.9 cm³/mol. The third-order valence-electron chi connectivity index (χ3n) is 4.49. The van der Waals surface area contributed by atoms with Gasteiger partial charge >= 0.3 is 0 Å². The van der Waals surface area contributed by atoms with E-state index in [4.69, 9.17) is 0 Å². The van der Waals surface area contributed by atoms with Gasteiger partial charge in [0.15, 0.2) is 0 Å². The van der Waals surface area contributed by atoms with Crippen LogP contribution in [0.15, 0.2) is 54.6 Å². The van der Waals surface area contributed by atoms with Crippen molar-refractivity contribution < 1.29 is 0 Å². The van der Waals surface area contributed by atoms with Crippen molar-refractivity contribution in [3.63, 3.8) is 0 Å². The average molecular weight is 236 g/mol. The zero-order chi connectivity index (χ0) is 12.5. The van der Waals surface area contributed by atoms with Crippen LogP contribution in [0.1, 0.15) is 48.8 Å². The van der Waals surface area contributed by atoms with Crippen LogP contribution in [0.4, 0.5) is 0 Å². The van der Waals surface area contributed by atoms with E-state index in [1.807, 2.05) is 0 Å². The fraction of sp³-hybridized carbons (Fsp3) is 0.333. The predicted octanol–water partition coefficient (Wildman–Crippen LogP) is 4.96. The summed E-state index contributed by atoms with van der Waals surface area (Å²) in [6, 6.07) is 20.0. The molecule has 3 atom stereocenters. The van der Waals surface area contributed by atoms with E-state index < -0.39 is 0 Å². The molecule has 3 unspecified atom stereocenters. The van der Waals surface area contributed by atoms with Gasteiger partial charge in [-0.05, 0) is 34.9 Å². The van der Waals surface area contributed by atoms with Gasteiger partial charge in [-0.1, -0.05) is 68.4 Å². The van der Waals surface area contributed by atoms with Crippen molar-refractivity contribution in [2.45, 2.75) is 32.1 Å². The maximum Gasteiger partial charge on any atom is 0.0124 e. The first-order valence-corrected chi connectivity index (χ1v) is 6.96.